The van der Waals surface area contributed by atoms with Crippen molar-refractivity contribution in [2.24, 2.45) is 23.7 Å². The molecule has 0 heterocycles. The molecule has 1 N–H and O–H groups in total. The lowest BCUT2D eigenvalue weighted by atomic mass is 9.51. The summed E-state index contributed by atoms with van der Waals surface area (Å²) in [5.74, 6) is 2.67. The number of phenolic OH excluding ortho intramolecular Hbond substituents is 1. The summed E-state index contributed by atoms with van der Waals surface area (Å²) in [5.41, 5.74) is 2.01. The number of carbonyl (C=O) groups is 1. The predicted molar refractivity (Wildman–Crippen MR) is 82.5 cm³/mol. The highest BCUT2D eigenvalue weighted by Crippen LogP contribution is 2.56. The summed E-state index contributed by atoms with van der Waals surface area (Å²) in [6.45, 7) is 4.55. The van der Waals surface area contributed by atoms with Gasteiger partial charge in [0.1, 0.15) is 5.75 Å². The van der Waals surface area contributed by atoms with Crippen molar-refractivity contribution in [2.75, 3.05) is 0 Å². The van der Waals surface area contributed by atoms with E-state index >= 15 is 0 Å². The smallest absolute Gasteiger partial charge is 0.166 e. The van der Waals surface area contributed by atoms with Gasteiger partial charge in [-0.25, -0.2) is 0 Å². The molecule has 1 unspecified atom stereocenters. The SMILES string of the molecule is C[C@H]1[C@H]2C(=O)c3ccc(O)cc3[C@]1(C)CCC2CC1CC1. The third-order valence-electron chi connectivity index (χ3n) is 6.61. The van der Waals surface area contributed by atoms with E-state index < -0.39 is 0 Å². The Balaban J connectivity index is 1.79. The molecule has 1 aromatic rings. The molecule has 21 heavy (non-hydrogen) atoms. The van der Waals surface area contributed by atoms with E-state index in [1.54, 1.807) is 6.07 Å². The van der Waals surface area contributed by atoms with Crippen LogP contribution in [0.1, 0.15) is 61.9 Å². The first-order valence-electron chi connectivity index (χ1n) is 8.38. The Kier molecular flexibility index (Phi) is 2.76. The topological polar surface area (TPSA) is 37.3 Å². The zero-order valence-corrected chi connectivity index (χ0v) is 12.9. The zero-order chi connectivity index (χ0) is 14.8. The van der Waals surface area contributed by atoms with Gasteiger partial charge in [-0.2, -0.15) is 0 Å². The standard InChI is InChI=1S/C19H24O2/c1-11-17-13(9-12-3-4-12)7-8-19(11,2)16-10-14(20)5-6-15(16)18(17)21/h5-6,10-13,17,20H,3-4,7-9H2,1-2H3/t11-,13?,17+,19+/m0/s1. The molecule has 112 valence electrons. The molecular formula is C19H24O2. The fourth-order valence-corrected chi connectivity index (χ4v) is 4.96. The Bertz CT molecular complexity index is 602. The third kappa shape index (κ3) is 1.88. The van der Waals surface area contributed by atoms with Gasteiger partial charge in [0.25, 0.3) is 0 Å². The van der Waals surface area contributed by atoms with Crippen LogP contribution in [-0.2, 0) is 5.41 Å². The Morgan fingerprint density at radius 2 is 2.05 bits per heavy atom. The van der Waals surface area contributed by atoms with Crippen molar-refractivity contribution in [3.63, 3.8) is 0 Å². The van der Waals surface area contributed by atoms with Crippen LogP contribution in [0.3, 0.4) is 0 Å². The molecule has 0 spiro atoms. The van der Waals surface area contributed by atoms with E-state index in [1.807, 2.05) is 12.1 Å². The summed E-state index contributed by atoms with van der Waals surface area (Å²) in [5, 5.41) is 9.84. The monoisotopic (exact) mass is 284 g/mol. The maximum atomic E-state index is 13.0. The Hall–Kier alpha value is -1.31. The van der Waals surface area contributed by atoms with Gasteiger partial charge in [-0.15, -0.1) is 0 Å². The van der Waals surface area contributed by atoms with Gasteiger partial charge in [0.15, 0.2) is 5.78 Å². The number of benzene rings is 1. The lowest BCUT2D eigenvalue weighted by Gasteiger charge is -2.52. The second-order valence-electron chi connectivity index (χ2n) is 7.80. The Morgan fingerprint density at radius 1 is 1.29 bits per heavy atom. The second kappa shape index (κ2) is 4.34. The molecule has 0 aliphatic heterocycles. The molecule has 2 bridgehead atoms. The quantitative estimate of drug-likeness (QED) is 0.878. The Morgan fingerprint density at radius 3 is 2.76 bits per heavy atom. The van der Waals surface area contributed by atoms with Crippen LogP contribution in [0.4, 0.5) is 0 Å². The summed E-state index contributed by atoms with van der Waals surface area (Å²) in [4.78, 5) is 13.0. The molecule has 4 atom stereocenters. The van der Waals surface area contributed by atoms with Gasteiger partial charge in [0.05, 0.1) is 0 Å². The molecule has 0 aromatic heterocycles. The van der Waals surface area contributed by atoms with Crippen molar-refractivity contribution >= 4 is 5.78 Å². The van der Waals surface area contributed by atoms with Crippen LogP contribution in [0.25, 0.3) is 0 Å². The maximum absolute atomic E-state index is 13.0. The minimum atomic E-state index is 0.0483. The maximum Gasteiger partial charge on any atom is 0.166 e. The van der Waals surface area contributed by atoms with Gasteiger partial charge < -0.3 is 5.11 Å². The number of hydrogen-bond donors (Lipinski definition) is 1. The number of aromatic hydroxyl groups is 1. The van der Waals surface area contributed by atoms with E-state index in [-0.39, 0.29) is 17.1 Å². The van der Waals surface area contributed by atoms with Crippen LogP contribution in [0.5, 0.6) is 5.75 Å². The lowest BCUT2D eigenvalue weighted by molar-refractivity contribution is 0.0434. The van der Waals surface area contributed by atoms with Gasteiger partial charge >= 0.3 is 0 Å². The van der Waals surface area contributed by atoms with Crippen molar-refractivity contribution in [3.05, 3.63) is 29.3 Å². The minimum Gasteiger partial charge on any atom is -0.508 e. The first-order valence-corrected chi connectivity index (χ1v) is 8.38. The van der Waals surface area contributed by atoms with Gasteiger partial charge in [0.2, 0.25) is 0 Å². The van der Waals surface area contributed by atoms with Crippen LogP contribution in [0.15, 0.2) is 18.2 Å². The molecule has 0 amide bonds. The number of ketones is 1. The molecule has 1 aromatic carbocycles. The van der Waals surface area contributed by atoms with Gasteiger partial charge in [0, 0.05) is 11.5 Å². The fourth-order valence-electron chi connectivity index (χ4n) is 4.96. The highest BCUT2D eigenvalue weighted by Gasteiger charge is 2.53. The minimum absolute atomic E-state index is 0.0483. The average molecular weight is 284 g/mol. The summed E-state index contributed by atoms with van der Waals surface area (Å²) < 4.78 is 0. The second-order valence-corrected chi connectivity index (χ2v) is 7.80. The highest BCUT2D eigenvalue weighted by atomic mass is 16.3. The van der Waals surface area contributed by atoms with E-state index in [9.17, 15) is 9.90 Å². The number of carbonyl (C=O) groups excluding carboxylic acids is 1. The molecule has 0 radical (unpaired) electrons. The summed E-state index contributed by atoms with van der Waals surface area (Å²) in [6.07, 6.45) is 6.31. The van der Waals surface area contributed by atoms with Gasteiger partial charge in [-0.3, -0.25) is 4.79 Å². The van der Waals surface area contributed by atoms with Crippen LogP contribution in [0, 0.1) is 23.7 Å². The molecule has 4 rings (SSSR count). The molecule has 2 heteroatoms. The van der Waals surface area contributed by atoms with E-state index in [2.05, 4.69) is 13.8 Å². The third-order valence-corrected chi connectivity index (χ3v) is 6.61. The summed E-state index contributed by atoms with van der Waals surface area (Å²) in [6, 6.07) is 5.35. The molecular weight excluding hydrogens is 260 g/mol. The average Bonchev–Trinajstić information content (AvgIpc) is 3.25. The molecule has 2 saturated carbocycles. The van der Waals surface area contributed by atoms with Crippen molar-refractivity contribution in [1.29, 1.82) is 0 Å². The van der Waals surface area contributed by atoms with Crippen LogP contribution < -0.4 is 0 Å². The largest absolute Gasteiger partial charge is 0.508 e. The number of rotatable bonds is 2. The van der Waals surface area contributed by atoms with Crippen molar-refractivity contribution < 1.29 is 9.90 Å². The molecule has 3 aliphatic rings. The van der Waals surface area contributed by atoms with Crippen molar-refractivity contribution in [1.82, 2.24) is 0 Å². The molecule has 3 aliphatic carbocycles. The van der Waals surface area contributed by atoms with Crippen LogP contribution in [-0.4, -0.2) is 10.9 Å². The number of Topliss-reactive ketones (excluding diaryl/α,β-unsaturated/α-hetero) is 1. The van der Waals surface area contributed by atoms with Crippen molar-refractivity contribution in [3.8, 4) is 5.75 Å². The first kappa shape index (κ1) is 13.4. The zero-order valence-electron chi connectivity index (χ0n) is 12.9. The fraction of sp³-hybridized carbons (Fsp3) is 0.632. The first-order chi connectivity index (χ1) is 10.0. The predicted octanol–water partition coefficient (Wildman–Crippen LogP) is 4.31. The number of fused-ring (bicyclic) bond motifs is 4. The van der Waals surface area contributed by atoms with Crippen LogP contribution >= 0.6 is 0 Å². The number of phenols is 1. The van der Waals surface area contributed by atoms with E-state index in [4.69, 9.17) is 0 Å². The Labute approximate surface area is 126 Å². The highest BCUT2D eigenvalue weighted by molar-refractivity contribution is 6.01. The number of hydrogen-bond acceptors (Lipinski definition) is 2. The summed E-state index contributed by atoms with van der Waals surface area (Å²) >= 11 is 0. The molecule has 2 nitrogen and oxygen atoms in total. The van der Waals surface area contributed by atoms with E-state index in [0.717, 1.165) is 23.5 Å². The van der Waals surface area contributed by atoms with Crippen LogP contribution in [0.2, 0.25) is 0 Å². The van der Waals surface area contributed by atoms with Gasteiger partial charge in [-0.1, -0.05) is 26.7 Å². The van der Waals surface area contributed by atoms with Gasteiger partial charge in [-0.05, 0) is 66.2 Å². The molecule has 2 fully saturated rings. The van der Waals surface area contributed by atoms with E-state index in [1.165, 1.54) is 25.7 Å². The van der Waals surface area contributed by atoms with Crippen molar-refractivity contribution in [2.45, 2.75) is 51.4 Å². The summed E-state index contributed by atoms with van der Waals surface area (Å²) in [7, 11) is 0. The normalized spacial score (nSPS) is 38.2. The van der Waals surface area contributed by atoms with E-state index in [0.29, 0.717) is 17.6 Å². The molecule has 0 saturated heterocycles. The lowest BCUT2D eigenvalue weighted by Crippen LogP contribution is -2.50.